The van der Waals surface area contributed by atoms with Crippen molar-refractivity contribution in [3.63, 3.8) is 0 Å². The van der Waals surface area contributed by atoms with Crippen LogP contribution in [0.3, 0.4) is 0 Å². The van der Waals surface area contributed by atoms with Crippen molar-refractivity contribution in [2.45, 2.75) is 43.9 Å². The number of aryl methyl sites for hydroxylation is 1. The summed E-state index contributed by atoms with van der Waals surface area (Å²) >= 11 is 0. The highest BCUT2D eigenvalue weighted by atomic mass is 19.4. The third-order valence-electron chi connectivity index (χ3n) is 6.90. The summed E-state index contributed by atoms with van der Waals surface area (Å²) in [5.41, 5.74) is 2.52. The van der Waals surface area contributed by atoms with Gasteiger partial charge in [0.25, 0.3) is 5.91 Å². The fourth-order valence-corrected chi connectivity index (χ4v) is 5.13. The number of hydrogen-bond acceptors (Lipinski definition) is 4. The molecule has 1 fully saturated rings. The fraction of sp³-hybridized carbons (Fsp3) is 0.400. The first-order chi connectivity index (χ1) is 16.8. The van der Waals surface area contributed by atoms with Gasteiger partial charge in [0.15, 0.2) is 5.65 Å². The summed E-state index contributed by atoms with van der Waals surface area (Å²) in [7, 11) is 1.80. The van der Waals surface area contributed by atoms with Gasteiger partial charge in [-0.3, -0.25) is 14.5 Å². The van der Waals surface area contributed by atoms with Crippen molar-refractivity contribution < 1.29 is 23.1 Å². The molecule has 1 aliphatic carbocycles. The van der Waals surface area contributed by atoms with E-state index in [-0.39, 0.29) is 31.4 Å². The summed E-state index contributed by atoms with van der Waals surface area (Å²) < 4.78 is 43.3. The van der Waals surface area contributed by atoms with Crippen LogP contribution in [0.2, 0.25) is 0 Å². The van der Waals surface area contributed by atoms with E-state index in [2.05, 4.69) is 15.4 Å². The molecule has 1 amide bonds. The second-order valence-corrected chi connectivity index (χ2v) is 9.15. The molecule has 1 atom stereocenters. The van der Waals surface area contributed by atoms with Gasteiger partial charge in [0.2, 0.25) is 0 Å². The second-order valence-electron chi connectivity index (χ2n) is 9.15. The minimum atomic E-state index is -4.16. The number of aromatic nitrogens is 4. The third kappa shape index (κ3) is 4.38. The molecule has 0 aliphatic heterocycles. The first kappa shape index (κ1) is 23.3. The Morgan fingerprint density at radius 2 is 1.94 bits per heavy atom. The Morgan fingerprint density at radius 1 is 1.17 bits per heavy atom. The first-order valence-corrected chi connectivity index (χ1v) is 11.6. The van der Waals surface area contributed by atoms with E-state index in [1.165, 1.54) is 0 Å². The van der Waals surface area contributed by atoms with Crippen molar-refractivity contribution in [3.05, 3.63) is 60.0 Å². The minimum absolute atomic E-state index is 0.0916. The first-order valence-electron chi connectivity index (χ1n) is 11.6. The highest BCUT2D eigenvalue weighted by molar-refractivity contribution is 6.09. The number of carbonyl (C=O) groups is 1. The van der Waals surface area contributed by atoms with Crippen molar-refractivity contribution in [2.24, 2.45) is 13.0 Å². The van der Waals surface area contributed by atoms with Crippen molar-refractivity contribution in [1.82, 2.24) is 24.6 Å². The summed E-state index contributed by atoms with van der Waals surface area (Å²) in [5.74, 6) is -1.61. The number of rotatable bonds is 5. The number of benzene rings is 1. The molecule has 0 bridgehead atoms. The molecular weight excluding hydrogens is 459 g/mol. The monoisotopic (exact) mass is 485 g/mol. The van der Waals surface area contributed by atoms with Crippen LogP contribution in [0.25, 0.3) is 21.9 Å². The molecule has 1 saturated carbocycles. The lowest BCUT2D eigenvalue weighted by atomic mass is 9.85. The smallest absolute Gasteiger partial charge is 0.391 e. The Labute approximate surface area is 199 Å². The van der Waals surface area contributed by atoms with E-state index >= 15 is 0 Å². The molecule has 3 aromatic heterocycles. The van der Waals surface area contributed by atoms with Crippen molar-refractivity contribution in [1.29, 1.82) is 0 Å². The summed E-state index contributed by atoms with van der Waals surface area (Å²) in [5, 5.41) is 18.8. The lowest BCUT2D eigenvalue weighted by Gasteiger charge is -2.31. The van der Waals surface area contributed by atoms with E-state index in [1.54, 1.807) is 48.3 Å². The van der Waals surface area contributed by atoms with Gasteiger partial charge in [-0.25, -0.2) is 0 Å². The van der Waals surface area contributed by atoms with Crippen LogP contribution in [-0.2, 0) is 7.05 Å². The van der Waals surface area contributed by atoms with Crippen molar-refractivity contribution in [2.75, 3.05) is 6.61 Å². The molecule has 3 heterocycles. The molecule has 0 spiro atoms. The summed E-state index contributed by atoms with van der Waals surface area (Å²) in [6.45, 7) is -0.297. The Hall–Kier alpha value is -3.40. The largest absolute Gasteiger partial charge is 0.394 e. The summed E-state index contributed by atoms with van der Waals surface area (Å²) in [4.78, 5) is 17.2. The number of hydrogen-bond donors (Lipinski definition) is 2. The average molecular weight is 486 g/mol. The molecule has 4 aromatic rings. The number of fused-ring (bicyclic) bond motifs is 3. The van der Waals surface area contributed by atoms with Crippen LogP contribution in [0.1, 0.15) is 53.8 Å². The predicted molar refractivity (Wildman–Crippen MR) is 125 cm³/mol. The molecule has 1 aliphatic rings. The number of carbonyl (C=O) groups excluding carboxylic acids is 1. The molecular formula is C25H26F3N5O2. The fourth-order valence-electron chi connectivity index (χ4n) is 5.13. The number of amides is 1. The molecule has 1 unspecified atom stereocenters. The SMILES string of the molecule is Cn1cc2c3cc(C(=O)NC(CO)c4ccccn4)ccc3n(C3CCC(C(F)(F)F)CC3)c2n1. The van der Waals surface area contributed by atoms with Crippen LogP contribution in [0.15, 0.2) is 48.8 Å². The van der Waals surface area contributed by atoms with Crippen LogP contribution in [0.4, 0.5) is 13.2 Å². The van der Waals surface area contributed by atoms with Gasteiger partial charge in [-0.1, -0.05) is 6.07 Å². The number of nitrogens with zero attached hydrogens (tertiary/aromatic N) is 4. The summed E-state index contributed by atoms with van der Waals surface area (Å²) in [6.07, 6.45) is 0.335. The van der Waals surface area contributed by atoms with Crippen LogP contribution in [0.5, 0.6) is 0 Å². The van der Waals surface area contributed by atoms with Gasteiger partial charge >= 0.3 is 6.18 Å². The number of pyridine rings is 1. The number of aliphatic hydroxyl groups excluding tert-OH is 1. The van der Waals surface area contributed by atoms with Gasteiger partial charge in [-0.15, -0.1) is 0 Å². The quantitative estimate of drug-likeness (QED) is 0.430. The molecule has 35 heavy (non-hydrogen) atoms. The normalized spacial score (nSPS) is 19.8. The molecule has 2 N–H and O–H groups in total. The maximum atomic E-state index is 13.2. The zero-order valence-electron chi connectivity index (χ0n) is 19.2. The number of alkyl halides is 3. The highest BCUT2D eigenvalue weighted by Crippen LogP contribution is 2.43. The molecule has 1 aromatic carbocycles. The van der Waals surface area contributed by atoms with Gasteiger partial charge in [0.05, 0.1) is 29.8 Å². The van der Waals surface area contributed by atoms with Crippen molar-refractivity contribution >= 4 is 27.8 Å². The molecule has 10 heteroatoms. The van der Waals surface area contributed by atoms with Gasteiger partial charge in [-0.05, 0) is 56.0 Å². The molecule has 0 saturated heterocycles. The van der Waals surface area contributed by atoms with Gasteiger partial charge < -0.3 is 15.0 Å². The standard InChI is InChI=1S/C25H26F3N5O2/c1-32-13-19-18-12-15(24(35)30-21(14-34)20-4-2-3-11-29-20)5-10-22(18)33(23(19)31-32)17-8-6-16(7-9-17)25(26,27)28/h2-5,10-13,16-17,21,34H,6-9,14H2,1H3,(H,30,35). The lowest BCUT2D eigenvalue weighted by Crippen LogP contribution is -2.31. The van der Waals surface area contributed by atoms with Gasteiger partial charge in [-0.2, -0.15) is 18.3 Å². The van der Waals surface area contributed by atoms with Crippen LogP contribution >= 0.6 is 0 Å². The molecule has 5 rings (SSSR count). The molecule has 7 nitrogen and oxygen atoms in total. The van der Waals surface area contributed by atoms with Crippen molar-refractivity contribution in [3.8, 4) is 0 Å². The van der Waals surface area contributed by atoms with E-state index < -0.39 is 18.1 Å². The predicted octanol–water partition coefficient (Wildman–Crippen LogP) is 4.68. The van der Waals surface area contributed by atoms with Crippen LogP contribution < -0.4 is 5.32 Å². The van der Waals surface area contributed by atoms with E-state index in [4.69, 9.17) is 0 Å². The van der Waals surface area contributed by atoms with E-state index in [0.29, 0.717) is 29.7 Å². The number of nitrogens with one attached hydrogen (secondary N) is 1. The maximum Gasteiger partial charge on any atom is 0.391 e. The Morgan fingerprint density at radius 3 is 2.60 bits per heavy atom. The summed E-state index contributed by atoms with van der Waals surface area (Å²) in [6, 6.07) is 9.84. The average Bonchev–Trinajstić information content (AvgIpc) is 3.36. The van der Waals surface area contributed by atoms with E-state index in [9.17, 15) is 23.1 Å². The second kappa shape index (κ2) is 8.99. The van der Waals surface area contributed by atoms with Crippen LogP contribution in [-0.4, -0.2) is 43.1 Å². The highest BCUT2D eigenvalue weighted by Gasteiger charge is 2.42. The zero-order valence-corrected chi connectivity index (χ0v) is 19.2. The maximum absolute atomic E-state index is 13.2. The molecule has 184 valence electrons. The number of halogens is 3. The van der Waals surface area contributed by atoms with Crippen LogP contribution in [0, 0.1) is 5.92 Å². The molecule has 0 radical (unpaired) electrons. The Bertz CT molecular complexity index is 1350. The van der Waals surface area contributed by atoms with Gasteiger partial charge in [0.1, 0.15) is 0 Å². The Balaban J connectivity index is 1.47. The number of aliphatic hydroxyl groups is 1. The van der Waals surface area contributed by atoms with Gasteiger partial charge in [0, 0.05) is 41.8 Å². The third-order valence-corrected chi connectivity index (χ3v) is 6.90. The van der Waals surface area contributed by atoms with E-state index in [1.807, 2.05) is 16.8 Å². The zero-order chi connectivity index (χ0) is 24.7. The minimum Gasteiger partial charge on any atom is -0.394 e. The lowest BCUT2D eigenvalue weighted by molar-refractivity contribution is -0.183. The topological polar surface area (TPSA) is 85.0 Å². The van der Waals surface area contributed by atoms with E-state index in [0.717, 1.165) is 16.3 Å². The Kier molecular flexibility index (Phi) is 6.00.